The van der Waals surface area contributed by atoms with Gasteiger partial charge in [0.2, 0.25) is 0 Å². The zero-order valence-corrected chi connectivity index (χ0v) is 14.8. The Morgan fingerprint density at radius 1 is 1.14 bits per heavy atom. The zero-order valence-electron chi connectivity index (χ0n) is 13.9. The minimum Gasteiger partial charge on any atom is -0.411 e. The van der Waals surface area contributed by atoms with Crippen molar-refractivity contribution < 1.29 is 18.8 Å². The Morgan fingerprint density at radius 2 is 1.64 bits per heavy atom. The van der Waals surface area contributed by atoms with Crippen molar-refractivity contribution in [2.24, 2.45) is 5.16 Å². The summed E-state index contributed by atoms with van der Waals surface area (Å²) >= 11 is 0. The fourth-order valence-electron chi connectivity index (χ4n) is 2.17. The van der Waals surface area contributed by atoms with Crippen molar-refractivity contribution in [3.8, 4) is 0 Å². The van der Waals surface area contributed by atoms with E-state index in [0.717, 1.165) is 5.56 Å². The minimum atomic E-state index is -3.42. The highest BCUT2D eigenvalue weighted by Gasteiger charge is 2.39. The number of hydrogen-bond donors (Lipinski definition) is 1. The summed E-state index contributed by atoms with van der Waals surface area (Å²) in [5.74, 6) is 0. The predicted octanol–water partition coefficient (Wildman–Crippen LogP) is 5.01. The van der Waals surface area contributed by atoms with Crippen LogP contribution >= 0.6 is 7.60 Å². The first-order valence-corrected chi connectivity index (χ1v) is 9.08. The number of hydrogen-bond acceptors (Lipinski definition) is 5. The molecule has 0 aliphatic carbocycles. The molecule has 22 heavy (non-hydrogen) atoms. The van der Waals surface area contributed by atoms with Crippen LogP contribution in [0, 0.1) is 0 Å². The molecule has 0 amide bonds. The fraction of sp³-hybridized carbons (Fsp3) is 0.562. The van der Waals surface area contributed by atoms with E-state index in [1.54, 1.807) is 6.92 Å². The van der Waals surface area contributed by atoms with Gasteiger partial charge in [-0.05, 0) is 40.2 Å². The zero-order chi connectivity index (χ0) is 16.8. The van der Waals surface area contributed by atoms with Crippen LogP contribution in [0.4, 0.5) is 0 Å². The fourth-order valence-corrected chi connectivity index (χ4v) is 4.71. The van der Waals surface area contributed by atoms with Gasteiger partial charge >= 0.3 is 7.60 Å². The summed E-state index contributed by atoms with van der Waals surface area (Å²) < 4.78 is 24.8. The van der Waals surface area contributed by atoms with Gasteiger partial charge in [-0.2, -0.15) is 0 Å². The third kappa shape index (κ3) is 5.56. The normalized spacial score (nSPS) is 14.6. The molecule has 0 aliphatic heterocycles. The summed E-state index contributed by atoms with van der Waals surface area (Å²) in [6, 6.07) is 9.42. The van der Waals surface area contributed by atoms with Gasteiger partial charge in [-0.25, -0.2) is 0 Å². The van der Waals surface area contributed by atoms with Crippen LogP contribution in [0.15, 0.2) is 35.5 Å². The Kier molecular flexibility index (Phi) is 7.27. The first-order valence-electron chi connectivity index (χ1n) is 7.47. The van der Waals surface area contributed by atoms with Crippen LogP contribution < -0.4 is 0 Å². The van der Waals surface area contributed by atoms with Gasteiger partial charge in [-0.1, -0.05) is 35.5 Å². The van der Waals surface area contributed by atoms with Gasteiger partial charge < -0.3 is 14.3 Å². The Hall–Kier alpha value is -1.16. The SMILES string of the molecule is CC(CC(c1ccccc1)P(=O)(OC(C)C)OC(C)C)=NO. The van der Waals surface area contributed by atoms with E-state index in [4.69, 9.17) is 14.3 Å². The van der Waals surface area contributed by atoms with E-state index in [2.05, 4.69) is 5.16 Å². The molecule has 1 rings (SSSR count). The van der Waals surface area contributed by atoms with Gasteiger partial charge in [-0.3, -0.25) is 4.57 Å². The largest absolute Gasteiger partial charge is 0.411 e. The van der Waals surface area contributed by atoms with Gasteiger partial charge in [0.15, 0.2) is 0 Å². The summed E-state index contributed by atoms with van der Waals surface area (Å²) in [4.78, 5) is 0. The molecule has 5 nitrogen and oxygen atoms in total. The van der Waals surface area contributed by atoms with Gasteiger partial charge in [0.1, 0.15) is 0 Å². The average Bonchev–Trinajstić information content (AvgIpc) is 2.43. The van der Waals surface area contributed by atoms with Gasteiger partial charge in [-0.15, -0.1) is 0 Å². The van der Waals surface area contributed by atoms with Crippen LogP contribution in [-0.2, 0) is 13.6 Å². The van der Waals surface area contributed by atoms with Crippen molar-refractivity contribution in [3.05, 3.63) is 35.9 Å². The van der Waals surface area contributed by atoms with E-state index in [1.807, 2.05) is 58.0 Å². The lowest BCUT2D eigenvalue weighted by Crippen LogP contribution is -2.15. The smallest absolute Gasteiger partial charge is 0.338 e. The molecule has 0 heterocycles. The maximum Gasteiger partial charge on any atom is 0.338 e. The summed E-state index contributed by atoms with van der Waals surface area (Å²) in [6.45, 7) is 8.98. The van der Waals surface area contributed by atoms with Crippen molar-refractivity contribution in [2.75, 3.05) is 0 Å². The standard InChI is InChI=1S/C16H26NO4P/c1-12(2)20-22(19,21-13(3)4)16(11-14(5)17-18)15-9-7-6-8-10-15/h6-10,12-13,16,18H,11H2,1-5H3. The third-order valence-electron chi connectivity index (χ3n) is 2.94. The van der Waals surface area contributed by atoms with Crippen molar-refractivity contribution >= 4 is 13.3 Å². The molecule has 0 saturated carbocycles. The molecular formula is C16H26NO4P. The second kappa shape index (κ2) is 8.47. The molecule has 124 valence electrons. The predicted molar refractivity (Wildman–Crippen MR) is 88.7 cm³/mol. The lowest BCUT2D eigenvalue weighted by atomic mass is 10.1. The van der Waals surface area contributed by atoms with E-state index in [-0.39, 0.29) is 12.2 Å². The van der Waals surface area contributed by atoms with Crippen LogP contribution in [0.25, 0.3) is 0 Å². The number of benzene rings is 1. The van der Waals surface area contributed by atoms with E-state index in [9.17, 15) is 4.57 Å². The Bertz CT molecular complexity index is 514. The number of nitrogens with zero attached hydrogens (tertiary/aromatic N) is 1. The molecule has 1 atom stereocenters. The molecule has 1 N–H and O–H groups in total. The highest BCUT2D eigenvalue weighted by atomic mass is 31.2. The Balaban J connectivity index is 3.27. The van der Waals surface area contributed by atoms with Crippen LogP contribution in [0.3, 0.4) is 0 Å². The maximum absolute atomic E-state index is 13.4. The number of oxime groups is 1. The molecule has 0 aliphatic rings. The van der Waals surface area contributed by atoms with Gasteiger partial charge in [0.25, 0.3) is 0 Å². The molecule has 0 saturated heterocycles. The Labute approximate surface area is 132 Å². The second-order valence-electron chi connectivity index (χ2n) is 5.81. The third-order valence-corrected chi connectivity index (χ3v) is 5.62. The average molecular weight is 327 g/mol. The lowest BCUT2D eigenvalue weighted by Gasteiger charge is -2.30. The molecule has 1 aromatic carbocycles. The van der Waals surface area contributed by atoms with E-state index >= 15 is 0 Å². The van der Waals surface area contributed by atoms with Crippen LogP contribution in [0.2, 0.25) is 0 Å². The highest BCUT2D eigenvalue weighted by Crippen LogP contribution is 2.63. The van der Waals surface area contributed by atoms with Crippen molar-refractivity contribution in [1.29, 1.82) is 0 Å². The molecule has 0 spiro atoms. The lowest BCUT2D eigenvalue weighted by molar-refractivity contribution is 0.136. The van der Waals surface area contributed by atoms with Gasteiger partial charge in [0, 0.05) is 6.42 Å². The molecule has 0 bridgehead atoms. The number of rotatable bonds is 8. The van der Waals surface area contributed by atoms with Crippen molar-refractivity contribution in [3.63, 3.8) is 0 Å². The first kappa shape index (κ1) is 18.9. The van der Waals surface area contributed by atoms with Crippen LogP contribution in [0.1, 0.15) is 52.3 Å². The van der Waals surface area contributed by atoms with E-state index < -0.39 is 13.3 Å². The molecule has 0 fully saturated rings. The monoisotopic (exact) mass is 327 g/mol. The quantitative estimate of drug-likeness (QED) is 0.315. The Morgan fingerprint density at radius 3 is 2.05 bits per heavy atom. The van der Waals surface area contributed by atoms with Crippen molar-refractivity contribution in [1.82, 2.24) is 0 Å². The summed E-state index contributed by atoms with van der Waals surface area (Å²) in [5, 5.41) is 12.2. The summed E-state index contributed by atoms with van der Waals surface area (Å²) in [5.41, 5.74) is 0.818. The molecule has 0 radical (unpaired) electrons. The summed E-state index contributed by atoms with van der Waals surface area (Å²) in [6.07, 6.45) is -0.165. The van der Waals surface area contributed by atoms with Crippen LogP contribution in [-0.4, -0.2) is 23.1 Å². The molecule has 6 heteroatoms. The maximum atomic E-state index is 13.4. The molecule has 1 unspecified atom stereocenters. The van der Waals surface area contributed by atoms with Crippen molar-refractivity contribution in [2.45, 2.75) is 58.9 Å². The van der Waals surface area contributed by atoms with Crippen LogP contribution in [0.5, 0.6) is 0 Å². The topological polar surface area (TPSA) is 68.1 Å². The first-order chi connectivity index (χ1) is 10.3. The minimum absolute atomic E-state index is 0.234. The van der Waals surface area contributed by atoms with E-state index in [0.29, 0.717) is 12.1 Å². The molecule has 1 aromatic rings. The second-order valence-corrected chi connectivity index (χ2v) is 7.94. The molecular weight excluding hydrogens is 301 g/mol. The summed E-state index contributed by atoms with van der Waals surface area (Å²) in [7, 11) is -3.42. The molecule has 0 aromatic heterocycles. The van der Waals surface area contributed by atoms with Gasteiger partial charge in [0.05, 0.1) is 23.6 Å². The highest BCUT2D eigenvalue weighted by molar-refractivity contribution is 7.54. The van der Waals surface area contributed by atoms with E-state index in [1.165, 1.54) is 0 Å².